The quantitative estimate of drug-likeness (QED) is 0.571. The molecule has 2 aromatic rings. The number of thioether (sulfide) groups is 1. The molecule has 8 heteroatoms. The Bertz CT molecular complexity index is 772. The number of carbonyl (C=O) groups excluding carboxylic acids is 1. The van der Waals surface area contributed by atoms with Gasteiger partial charge in [-0.05, 0) is 30.5 Å². The number of hydrogen-bond donors (Lipinski definition) is 0. The second-order valence-electron chi connectivity index (χ2n) is 5.95. The van der Waals surface area contributed by atoms with Crippen molar-refractivity contribution in [3.05, 3.63) is 40.7 Å². The average molecular weight is 378 g/mol. The van der Waals surface area contributed by atoms with Crippen LogP contribution in [0.2, 0.25) is 5.02 Å². The molecule has 1 saturated carbocycles. The summed E-state index contributed by atoms with van der Waals surface area (Å²) in [5.74, 6) is -0.235. The van der Waals surface area contributed by atoms with Gasteiger partial charge in [0.15, 0.2) is 5.82 Å². The number of halogens is 1. The third-order valence-electron chi connectivity index (χ3n) is 4.10. The predicted octanol–water partition coefficient (Wildman–Crippen LogP) is 2.70. The van der Waals surface area contributed by atoms with E-state index < -0.39 is 5.97 Å². The first kappa shape index (κ1) is 17.9. The molecule has 1 aliphatic rings. The van der Waals surface area contributed by atoms with Crippen molar-refractivity contribution in [3.63, 3.8) is 0 Å². The number of aliphatic carboxylic acids is 1. The molecule has 132 valence electrons. The zero-order valence-corrected chi connectivity index (χ0v) is 15.2. The van der Waals surface area contributed by atoms with E-state index in [2.05, 4.69) is 15.3 Å². The number of aromatic nitrogens is 3. The Morgan fingerprint density at radius 3 is 2.88 bits per heavy atom. The van der Waals surface area contributed by atoms with E-state index in [0.717, 1.165) is 48.8 Å². The maximum Gasteiger partial charge on any atom is 0.212 e. The van der Waals surface area contributed by atoms with E-state index in [1.165, 1.54) is 6.42 Å². The molecule has 0 bridgehead atoms. The Morgan fingerprint density at radius 2 is 2.16 bits per heavy atom. The fourth-order valence-corrected chi connectivity index (χ4v) is 3.73. The SMILES string of the molecule is O=C([O-])CSc1nnc(C2CCCCC2)n1/N=C\c1cccc(Cl)c1. The minimum absolute atomic E-state index is 0.185. The highest BCUT2D eigenvalue weighted by atomic mass is 35.5. The van der Waals surface area contributed by atoms with Crippen LogP contribution in [0.1, 0.15) is 49.4 Å². The molecular weight excluding hydrogens is 360 g/mol. The number of carboxylic acid groups (broad SMARTS) is 1. The van der Waals surface area contributed by atoms with E-state index in [9.17, 15) is 9.90 Å². The Hall–Kier alpha value is -1.86. The largest absolute Gasteiger partial charge is 0.549 e. The highest BCUT2D eigenvalue weighted by molar-refractivity contribution is 7.99. The summed E-state index contributed by atoms with van der Waals surface area (Å²) in [6.45, 7) is 0. The molecule has 1 heterocycles. The molecule has 1 aromatic heterocycles. The summed E-state index contributed by atoms with van der Waals surface area (Å²) in [7, 11) is 0. The lowest BCUT2D eigenvalue weighted by Crippen LogP contribution is -2.24. The summed E-state index contributed by atoms with van der Waals surface area (Å²) < 4.78 is 1.66. The molecular formula is C17H18ClN4O2S-. The minimum atomic E-state index is -1.14. The zero-order valence-electron chi connectivity index (χ0n) is 13.6. The van der Waals surface area contributed by atoms with Gasteiger partial charge in [0.1, 0.15) is 0 Å². The van der Waals surface area contributed by atoms with Crippen LogP contribution in [0.5, 0.6) is 0 Å². The van der Waals surface area contributed by atoms with Gasteiger partial charge in [0.25, 0.3) is 0 Å². The molecule has 0 amide bonds. The van der Waals surface area contributed by atoms with Crippen molar-refractivity contribution in [1.29, 1.82) is 0 Å². The van der Waals surface area contributed by atoms with E-state index in [0.29, 0.717) is 16.1 Å². The highest BCUT2D eigenvalue weighted by Crippen LogP contribution is 2.33. The Kier molecular flexibility index (Phi) is 6.09. The molecule has 0 atom stereocenters. The summed E-state index contributed by atoms with van der Waals surface area (Å²) in [5, 5.41) is 24.8. The van der Waals surface area contributed by atoms with Gasteiger partial charge in [0.05, 0.1) is 12.2 Å². The van der Waals surface area contributed by atoms with Crippen LogP contribution in [0.25, 0.3) is 0 Å². The van der Waals surface area contributed by atoms with Gasteiger partial charge >= 0.3 is 0 Å². The normalized spacial score (nSPS) is 15.7. The monoisotopic (exact) mass is 377 g/mol. The van der Waals surface area contributed by atoms with Crippen LogP contribution in [-0.2, 0) is 4.79 Å². The van der Waals surface area contributed by atoms with Gasteiger partial charge in [-0.15, -0.1) is 10.2 Å². The molecule has 0 aliphatic heterocycles. The standard InChI is InChI=1S/C17H19ClN4O2S/c18-14-8-4-5-12(9-14)10-19-22-16(13-6-2-1-3-7-13)20-21-17(22)25-11-15(23)24/h4-5,8-10,13H,1-3,6-7,11H2,(H,23,24)/p-1/b19-10-. The van der Waals surface area contributed by atoms with Crippen LogP contribution in [0.3, 0.4) is 0 Å². The van der Waals surface area contributed by atoms with Gasteiger partial charge in [0.2, 0.25) is 5.16 Å². The Morgan fingerprint density at radius 1 is 1.36 bits per heavy atom. The highest BCUT2D eigenvalue weighted by Gasteiger charge is 2.23. The van der Waals surface area contributed by atoms with Crippen molar-refractivity contribution in [3.8, 4) is 0 Å². The lowest BCUT2D eigenvalue weighted by atomic mass is 9.89. The second kappa shape index (κ2) is 8.49. The molecule has 0 saturated heterocycles. The maximum atomic E-state index is 10.8. The summed E-state index contributed by atoms with van der Waals surface area (Å²) in [6, 6.07) is 7.35. The molecule has 25 heavy (non-hydrogen) atoms. The molecule has 1 aliphatic carbocycles. The maximum absolute atomic E-state index is 10.8. The van der Waals surface area contributed by atoms with E-state index in [1.807, 2.05) is 18.2 Å². The van der Waals surface area contributed by atoms with Gasteiger partial charge in [-0.25, -0.2) is 0 Å². The molecule has 0 radical (unpaired) electrons. The fourth-order valence-electron chi connectivity index (χ4n) is 2.93. The average Bonchev–Trinajstić information content (AvgIpc) is 3.02. The van der Waals surface area contributed by atoms with Gasteiger partial charge in [-0.3, -0.25) is 0 Å². The van der Waals surface area contributed by atoms with Crippen molar-refractivity contribution < 1.29 is 9.90 Å². The summed E-state index contributed by atoms with van der Waals surface area (Å²) in [6.07, 6.45) is 7.35. The number of hydrogen-bond acceptors (Lipinski definition) is 6. The molecule has 3 rings (SSSR count). The summed E-state index contributed by atoms with van der Waals surface area (Å²) >= 11 is 7.07. The third kappa shape index (κ3) is 4.83. The molecule has 1 fully saturated rings. The topological polar surface area (TPSA) is 83.2 Å². The lowest BCUT2D eigenvalue weighted by molar-refractivity contribution is -0.301. The van der Waals surface area contributed by atoms with Gasteiger partial charge in [-0.2, -0.15) is 9.78 Å². The Labute approximate surface area is 155 Å². The fraction of sp³-hybridized carbons (Fsp3) is 0.412. The van der Waals surface area contributed by atoms with Crippen LogP contribution in [0.15, 0.2) is 34.5 Å². The number of carbonyl (C=O) groups is 1. The minimum Gasteiger partial charge on any atom is -0.549 e. The number of carboxylic acids is 1. The van der Waals surface area contributed by atoms with Crippen molar-refractivity contribution in [2.45, 2.75) is 43.2 Å². The summed E-state index contributed by atoms with van der Waals surface area (Å²) in [5.41, 5.74) is 0.853. The molecule has 6 nitrogen and oxygen atoms in total. The number of nitrogens with zero attached hydrogens (tertiary/aromatic N) is 4. The zero-order chi connectivity index (χ0) is 17.6. The molecule has 0 unspecified atom stereocenters. The van der Waals surface area contributed by atoms with Gasteiger partial charge < -0.3 is 9.90 Å². The molecule has 1 aromatic carbocycles. The first-order valence-corrected chi connectivity index (χ1v) is 9.57. The first-order valence-electron chi connectivity index (χ1n) is 8.21. The van der Waals surface area contributed by atoms with E-state index in [4.69, 9.17) is 11.6 Å². The van der Waals surface area contributed by atoms with Crippen LogP contribution in [0, 0.1) is 0 Å². The van der Waals surface area contributed by atoms with Gasteiger partial charge in [-0.1, -0.05) is 54.8 Å². The van der Waals surface area contributed by atoms with Crippen LogP contribution in [0.4, 0.5) is 0 Å². The second-order valence-corrected chi connectivity index (χ2v) is 7.33. The van der Waals surface area contributed by atoms with E-state index in [1.54, 1.807) is 17.0 Å². The van der Waals surface area contributed by atoms with E-state index >= 15 is 0 Å². The third-order valence-corrected chi connectivity index (χ3v) is 5.22. The van der Waals surface area contributed by atoms with Gasteiger partial charge in [0, 0.05) is 16.7 Å². The predicted molar refractivity (Wildman–Crippen MR) is 96.0 cm³/mol. The smallest absolute Gasteiger partial charge is 0.212 e. The number of benzene rings is 1. The van der Waals surface area contributed by atoms with Crippen molar-refractivity contribution in [2.75, 3.05) is 5.75 Å². The van der Waals surface area contributed by atoms with E-state index in [-0.39, 0.29) is 5.75 Å². The van der Waals surface area contributed by atoms with Crippen LogP contribution >= 0.6 is 23.4 Å². The van der Waals surface area contributed by atoms with Crippen LogP contribution in [-0.4, -0.2) is 32.8 Å². The summed E-state index contributed by atoms with van der Waals surface area (Å²) in [4.78, 5) is 10.8. The van der Waals surface area contributed by atoms with Crippen molar-refractivity contribution in [1.82, 2.24) is 14.9 Å². The Balaban J connectivity index is 1.89. The lowest BCUT2D eigenvalue weighted by Gasteiger charge is -2.20. The molecule has 0 spiro atoms. The number of rotatable bonds is 6. The van der Waals surface area contributed by atoms with Crippen LogP contribution < -0.4 is 5.11 Å². The molecule has 0 N–H and O–H groups in total. The van der Waals surface area contributed by atoms with Crippen molar-refractivity contribution >= 4 is 35.5 Å². The van der Waals surface area contributed by atoms with Crippen molar-refractivity contribution in [2.24, 2.45) is 5.10 Å². The first-order chi connectivity index (χ1) is 12.1.